The zero-order chi connectivity index (χ0) is 14.7. The normalized spacial score (nSPS) is 23.0. The number of hydrogen-bond acceptors (Lipinski definition) is 2. The molecule has 4 heteroatoms. The molecule has 3 nitrogen and oxygen atoms in total. The highest BCUT2D eigenvalue weighted by Crippen LogP contribution is 2.35. The fourth-order valence-electron chi connectivity index (χ4n) is 2.90. The second kappa shape index (κ2) is 6.35. The number of carbonyl (C=O) groups is 1. The summed E-state index contributed by atoms with van der Waals surface area (Å²) < 4.78 is 13.9. The third-order valence-corrected chi connectivity index (χ3v) is 4.14. The smallest absolute Gasteiger partial charge is 0.237 e. The highest BCUT2D eigenvalue weighted by atomic mass is 19.1. The van der Waals surface area contributed by atoms with Gasteiger partial charge in [-0.05, 0) is 42.4 Å². The van der Waals surface area contributed by atoms with Gasteiger partial charge in [0.15, 0.2) is 0 Å². The van der Waals surface area contributed by atoms with Gasteiger partial charge in [0.05, 0.1) is 12.1 Å². The summed E-state index contributed by atoms with van der Waals surface area (Å²) in [4.78, 5) is 12.1. The van der Waals surface area contributed by atoms with Crippen molar-refractivity contribution in [2.24, 2.45) is 11.7 Å². The largest absolute Gasteiger partial charge is 0.348 e. The molecule has 3 unspecified atom stereocenters. The van der Waals surface area contributed by atoms with Crippen LogP contribution < -0.4 is 11.1 Å². The van der Waals surface area contributed by atoms with Gasteiger partial charge in [0, 0.05) is 0 Å². The molecule has 0 aromatic heterocycles. The predicted molar refractivity (Wildman–Crippen MR) is 77.7 cm³/mol. The number of benzene rings is 1. The van der Waals surface area contributed by atoms with Crippen molar-refractivity contribution in [3.63, 3.8) is 0 Å². The van der Waals surface area contributed by atoms with E-state index in [4.69, 9.17) is 5.73 Å². The molecule has 0 bridgehead atoms. The van der Waals surface area contributed by atoms with Crippen molar-refractivity contribution < 1.29 is 9.18 Å². The van der Waals surface area contributed by atoms with E-state index in [9.17, 15) is 9.18 Å². The summed E-state index contributed by atoms with van der Waals surface area (Å²) in [5.74, 6) is -0.0191. The van der Waals surface area contributed by atoms with Gasteiger partial charge in [-0.25, -0.2) is 4.39 Å². The van der Waals surface area contributed by atoms with Crippen LogP contribution in [0.5, 0.6) is 0 Å². The first-order valence-corrected chi connectivity index (χ1v) is 7.37. The van der Waals surface area contributed by atoms with Crippen LogP contribution in [0, 0.1) is 11.7 Å². The van der Waals surface area contributed by atoms with Crippen LogP contribution in [0.4, 0.5) is 4.39 Å². The van der Waals surface area contributed by atoms with Crippen LogP contribution in [-0.4, -0.2) is 11.9 Å². The Bertz CT molecular complexity index is 489. The molecule has 0 radical (unpaired) electrons. The number of carbonyl (C=O) groups excluding carboxylic acids is 1. The Balaban J connectivity index is 2.20. The van der Waals surface area contributed by atoms with E-state index in [1.54, 1.807) is 6.07 Å². The molecule has 0 saturated heterocycles. The first kappa shape index (κ1) is 15.0. The summed E-state index contributed by atoms with van der Waals surface area (Å²) in [6, 6.07) is 4.48. The van der Waals surface area contributed by atoms with Crippen molar-refractivity contribution in [1.82, 2.24) is 5.32 Å². The minimum absolute atomic E-state index is 0.134. The molecule has 1 amide bonds. The molecule has 0 fully saturated rings. The van der Waals surface area contributed by atoms with Gasteiger partial charge in [-0.1, -0.05) is 32.4 Å². The maximum Gasteiger partial charge on any atom is 0.237 e. The van der Waals surface area contributed by atoms with Gasteiger partial charge < -0.3 is 11.1 Å². The number of rotatable bonds is 4. The lowest BCUT2D eigenvalue weighted by atomic mass is 9.80. The topological polar surface area (TPSA) is 55.1 Å². The number of halogens is 1. The Kier molecular flexibility index (Phi) is 4.76. The predicted octanol–water partition coefficient (Wildman–Crippen LogP) is 2.69. The Labute approximate surface area is 119 Å². The first-order valence-electron chi connectivity index (χ1n) is 7.37. The third-order valence-electron chi connectivity index (χ3n) is 4.14. The number of hydrogen-bond donors (Lipinski definition) is 2. The van der Waals surface area contributed by atoms with Gasteiger partial charge in [0.25, 0.3) is 0 Å². The SMILES string of the molecule is CCCC(N)C(=O)NC1c2cccc(F)c2CCC1C. The molecule has 20 heavy (non-hydrogen) atoms. The molecule has 0 aliphatic heterocycles. The van der Waals surface area contributed by atoms with E-state index in [0.717, 1.165) is 30.4 Å². The number of nitrogens with two attached hydrogens (primary N) is 1. The fraction of sp³-hybridized carbons (Fsp3) is 0.562. The average Bonchev–Trinajstić information content (AvgIpc) is 2.42. The van der Waals surface area contributed by atoms with Gasteiger partial charge in [0.1, 0.15) is 5.82 Å². The Morgan fingerprint density at radius 1 is 1.55 bits per heavy atom. The molecule has 1 aromatic carbocycles. The lowest BCUT2D eigenvalue weighted by Gasteiger charge is -2.33. The van der Waals surface area contributed by atoms with Crippen molar-refractivity contribution in [1.29, 1.82) is 0 Å². The maximum absolute atomic E-state index is 13.9. The molecule has 110 valence electrons. The van der Waals surface area contributed by atoms with Crippen LogP contribution in [0.25, 0.3) is 0 Å². The van der Waals surface area contributed by atoms with Crippen molar-refractivity contribution >= 4 is 5.91 Å². The molecular weight excluding hydrogens is 255 g/mol. The average molecular weight is 278 g/mol. The van der Waals surface area contributed by atoms with E-state index in [0.29, 0.717) is 12.3 Å². The van der Waals surface area contributed by atoms with E-state index in [-0.39, 0.29) is 17.8 Å². The maximum atomic E-state index is 13.9. The Morgan fingerprint density at radius 2 is 2.30 bits per heavy atom. The Hall–Kier alpha value is -1.42. The summed E-state index contributed by atoms with van der Waals surface area (Å²) in [6.07, 6.45) is 3.15. The van der Waals surface area contributed by atoms with E-state index in [1.165, 1.54) is 6.07 Å². The van der Waals surface area contributed by atoms with Crippen LogP contribution in [0.2, 0.25) is 0 Å². The molecule has 1 aromatic rings. The minimum Gasteiger partial charge on any atom is -0.348 e. The van der Waals surface area contributed by atoms with Gasteiger partial charge in [0.2, 0.25) is 5.91 Å². The van der Waals surface area contributed by atoms with Crippen molar-refractivity contribution in [2.45, 2.75) is 51.6 Å². The van der Waals surface area contributed by atoms with Crippen LogP contribution in [0.1, 0.15) is 50.3 Å². The van der Waals surface area contributed by atoms with E-state index in [2.05, 4.69) is 12.2 Å². The first-order chi connectivity index (χ1) is 9.54. The Morgan fingerprint density at radius 3 is 3.00 bits per heavy atom. The minimum atomic E-state index is -0.480. The standard InChI is InChI=1S/C16H23FN2O/c1-3-5-14(18)16(20)19-15-10(2)8-9-11-12(15)6-4-7-13(11)17/h4,6-7,10,14-15H,3,5,8-9,18H2,1-2H3,(H,19,20). The summed E-state index contributed by atoms with van der Waals surface area (Å²) in [7, 11) is 0. The van der Waals surface area contributed by atoms with Crippen LogP contribution in [0.3, 0.4) is 0 Å². The molecular formula is C16H23FN2O. The summed E-state index contributed by atoms with van der Waals surface area (Å²) in [5, 5.41) is 3.01. The van der Waals surface area contributed by atoms with Crippen LogP contribution in [0.15, 0.2) is 18.2 Å². The van der Waals surface area contributed by atoms with Gasteiger partial charge >= 0.3 is 0 Å². The quantitative estimate of drug-likeness (QED) is 0.889. The monoisotopic (exact) mass is 278 g/mol. The molecule has 0 heterocycles. The van der Waals surface area contributed by atoms with Crippen LogP contribution >= 0.6 is 0 Å². The zero-order valence-electron chi connectivity index (χ0n) is 12.2. The molecule has 3 N–H and O–H groups in total. The summed E-state index contributed by atoms with van der Waals surface area (Å²) in [6.45, 7) is 4.09. The van der Waals surface area contributed by atoms with E-state index in [1.807, 2.05) is 13.0 Å². The number of fused-ring (bicyclic) bond motifs is 1. The lowest BCUT2D eigenvalue weighted by molar-refractivity contribution is -0.123. The van der Waals surface area contributed by atoms with E-state index >= 15 is 0 Å². The van der Waals surface area contributed by atoms with Gasteiger partial charge in [-0.15, -0.1) is 0 Å². The highest BCUT2D eigenvalue weighted by molar-refractivity contribution is 5.82. The van der Waals surface area contributed by atoms with Crippen LogP contribution in [-0.2, 0) is 11.2 Å². The van der Waals surface area contributed by atoms with Crippen molar-refractivity contribution in [2.75, 3.05) is 0 Å². The van der Waals surface area contributed by atoms with Crippen molar-refractivity contribution in [3.05, 3.63) is 35.1 Å². The summed E-state index contributed by atoms with van der Waals surface area (Å²) in [5.41, 5.74) is 7.49. The number of nitrogens with one attached hydrogen (secondary N) is 1. The van der Waals surface area contributed by atoms with E-state index < -0.39 is 6.04 Å². The molecule has 3 atom stereocenters. The highest BCUT2D eigenvalue weighted by Gasteiger charge is 2.30. The molecule has 1 aliphatic rings. The molecule has 0 saturated carbocycles. The number of amides is 1. The molecule has 0 spiro atoms. The second-order valence-corrected chi connectivity index (χ2v) is 5.71. The third kappa shape index (κ3) is 3.01. The van der Waals surface area contributed by atoms with Gasteiger partial charge in [-0.2, -0.15) is 0 Å². The van der Waals surface area contributed by atoms with Crippen molar-refractivity contribution in [3.8, 4) is 0 Å². The zero-order valence-corrected chi connectivity index (χ0v) is 12.2. The lowest BCUT2D eigenvalue weighted by Crippen LogP contribution is -2.44. The molecule has 2 rings (SSSR count). The molecule has 1 aliphatic carbocycles. The summed E-state index contributed by atoms with van der Waals surface area (Å²) >= 11 is 0. The van der Waals surface area contributed by atoms with Gasteiger partial charge in [-0.3, -0.25) is 4.79 Å². The fourth-order valence-corrected chi connectivity index (χ4v) is 2.90. The second-order valence-electron chi connectivity index (χ2n) is 5.71.